The van der Waals surface area contributed by atoms with Gasteiger partial charge in [-0.05, 0) is 24.8 Å². The molecule has 2 heterocycles. The van der Waals surface area contributed by atoms with E-state index in [-0.39, 0.29) is 11.2 Å². The minimum atomic E-state index is -0.309. The van der Waals surface area contributed by atoms with Crippen LogP contribution in [0, 0.1) is 0 Å². The van der Waals surface area contributed by atoms with Crippen molar-refractivity contribution in [2.24, 2.45) is 0 Å². The summed E-state index contributed by atoms with van der Waals surface area (Å²) in [5.74, 6) is 0.238. The van der Waals surface area contributed by atoms with Crippen LogP contribution in [0.1, 0.15) is 20.3 Å². The molecule has 5 nitrogen and oxygen atoms in total. The molecule has 0 aliphatic carbocycles. The number of thiophene rings is 1. The van der Waals surface area contributed by atoms with E-state index in [1.807, 2.05) is 24.4 Å². The molecule has 0 aromatic carbocycles. The van der Waals surface area contributed by atoms with Gasteiger partial charge in [0.2, 0.25) is 0 Å². The average molecular weight is 298 g/mol. The molecule has 0 fully saturated rings. The maximum absolute atomic E-state index is 11.7. The topological polar surface area (TPSA) is 65.2 Å². The third kappa shape index (κ3) is 3.57. The summed E-state index contributed by atoms with van der Waals surface area (Å²) in [6.07, 6.45) is 0.653. The molecule has 0 saturated carbocycles. The number of ether oxygens (including phenoxy) is 1. The lowest BCUT2D eigenvalue weighted by atomic mass is 10.3. The van der Waals surface area contributed by atoms with Crippen molar-refractivity contribution in [3.63, 3.8) is 0 Å². The van der Waals surface area contributed by atoms with E-state index in [1.165, 1.54) is 23.1 Å². The summed E-state index contributed by atoms with van der Waals surface area (Å²) in [5, 5.41) is 9.95. The van der Waals surface area contributed by atoms with Crippen LogP contribution in [0.2, 0.25) is 0 Å². The first-order valence-electron chi connectivity index (χ1n) is 5.95. The number of rotatable bonds is 6. The Hall–Kier alpha value is -1.34. The summed E-state index contributed by atoms with van der Waals surface area (Å²) in [6, 6.07) is 3.83. The molecule has 1 unspecified atom stereocenters. The molecule has 0 radical (unpaired) electrons. The highest BCUT2D eigenvalue weighted by molar-refractivity contribution is 8.00. The van der Waals surface area contributed by atoms with Crippen LogP contribution in [0.3, 0.4) is 0 Å². The van der Waals surface area contributed by atoms with E-state index in [9.17, 15) is 4.79 Å². The van der Waals surface area contributed by atoms with Crippen LogP contribution >= 0.6 is 23.1 Å². The Morgan fingerprint density at radius 1 is 1.53 bits per heavy atom. The molecule has 0 aliphatic heterocycles. The van der Waals surface area contributed by atoms with Crippen molar-refractivity contribution >= 4 is 29.1 Å². The maximum atomic E-state index is 11.7. The van der Waals surface area contributed by atoms with Crippen LogP contribution in [-0.2, 0) is 9.53 Å². The zero-order valence-corrected chi connectivity index (χ0v) is 12.3. The Bertz CT molecular complexity index is 525. The molecule has 2 aromatic heterocycles. The van der Waals surface area contributed by atoms with Gasteiger partial charge in [0.25, 0.3) is 11.1 Å². The van der Waals surface area contributed by atoms with E-state index in [2.05, 4.69) is 10.2 Å². The van der Waals surface area contributed by atoms with Crippen molar-refractivity contribution < 1.29 is 13.9 Å². The summed E-state index contributed by atoms with van der Waals surface area (Å²) >= 11 is 2.78. The quantitative estimate of drug-likeness (QED) is 0.602. The largest absolute Gasteiger partial charge is 0.465 e. The summed E-state index contributed by atoms with van der Waals surface area (Å²) in [4.78, 5) is 12.6. The van der Waals surface area contributed by atoms with Crippen LogP contribution in [0.25, 0.3) is 10.8 Å². The smallest absolute Gasteiger partial charge is 0.319 e. The number of hydrogen-bond donors (Lipinski definition) is 0. The van der Waals surface area contributed by atoms with E-state index >= 15 is 0 Å². The fraction of sp³-hybridized carbons (Fsp3) is 0.417. The van der Waals surface area contributed by atoms with Crippen molar-refractivity contribution in [1.82, 2.24) is 10.2 Å². The van der Waals surface area contributed by atoms with Gasteiger partial charge in [-0.25, -0.2) is 0 Å². The molecule has 2 rings (SSSR count). The second kappa shape index (κ2) is 6.72. The van der Waals surface area contributed by atoms with Gasteiger partial charge < -0.3 is 9.15 Å². The average Bonchev–Trinajstić information content (AvgIpc) is 3.06. The Morgan fingerprint density at radius 3 is 3.00 bits per heavy atom. The van der Waals surface area contributed by atoms with Crippen molar-refractivity contribution in [1.29, 1.82) is 0 Å². The van der Waals surface area contributed by atoms with Crippen molar-refractivity contribution in [2.45, 2.75) is 30.7 Å². The van der Waals surface area contributed by atoms with Crippen molar-refractivity contribution in [3.05, 3.63) is 17.5 Å². The first-order valence-corrected chi connectivity index (χ1v) is 7.71. The Kier molecular flexibility index (Phi) is 4.98. The Labute approximate surface area is 119 Å². The number of hydrogen-bond acceptors (Lipinski definition) is 7. The van der Waals surface area contributed by atoms with Gasteiger partial charge in [-0.3, -0.25) is 4.79 Å². The zero-order chi connectivity index (χ0) is 13.7. The molecule has 0 spiro atoms. The molecule has 0 amide bonds. The lowest BCUT2D eigenvalue weighted by molar-refractivity contribution is -0.142. The maximum Gasteiger partial charge on any atom is 0.319 e. The fourth-order valence-electron chi connectivity index (χ4n) is 1.41. The lowest BCUT2D eigenvalue weighted by Gasteiger charge is -2.09. The summed E-state index contributed by atoms with van der Waals surface area (Å²) < 4.78 is 10.5. The molecule has 0 bridgehead atoms. The molecule has 19 heavy (non-hydrogen) atoms. The standard InChI is InChI=1S/C12H14N2O3S2/c1-3-8(11(15)16-4-2)19-12-14-13-10(17-12)9-6-5-7-18-9/h5-8H,3-4H2,1-2H3. The molecule has 102 valence electrons. The van der Waals surface area contributed by atoms with Crippen LogP contribution in [-0.4, -0.2) is 28.0 Å². The molecule has 2 aromatic rings. The van der Waals surface area contributed by atoms with Crippen molar-refractivity contribution in [3.8, 4) is 10.8 Å². The van der Waals surface area contributed by atoms with Gasteiger partial charge in [-0.15, -0.1) is 21.5 Å². The molecule has 0 aliphatic rings. The third-order valence-corrected chi connectivity index (χ3v) is 4.34. The number of carbonyl (C=O) groups excluding carboxylic acids is 1. The van der Waals surface area contributed by atoms with E-state index in [0.29, 0.717) is 24.1 Å². The van der Waals surface area contributed by atoms with Gasteiger partial charge in [0.05, 0.1) is 11.5 Å². The summed E-state index contributed by atoms with van der Waals surface area (Å²) in [7, 11) is 0. The molecule has 7 heteroatoms. The van der Waals surface area contributed by atoms with Gasteiger partial charge in [0.1, 0.15) is 5.25 Å². The van der Waals surface area contributed by atoms with E-state index in [0.717, 1.165) is 4.88 Å². The van der Waals surface area contributed by atoms with Crippen LogP contribution in [0.15, 0.2) is 27.2 Å². The van der Waals surface area contributed by atoms with Gasteiger partial charge in [0.15, 0.2) is 0 Å². The second-order valence-corrected chi connectivity index (χ2v) is 5.72. The normalized spacial score (nSPS) is 12.3. The molecule has 1 atom stereocenters. The Morgan fingerprint density at radius 2 is 2.37 bits per heavy atom. The monoisotopic (exact) mass is 298 g/mol. The summed E-state index contributed by atoms with van der Waals surface area (Å²) in [6.45, 7) is 4.09. The fourth-order valence-corrected chi connectivity index (χ4v) is 2.85. The highest BCUT2D eigenvalue weighted by atomic mass is 32.2. The number of aromatic nitrogens is 2. The Balaban J connectivity index is 2.04. The van der Waals surface area contributed by atoms with Gasteiger partial charge in [0, 0.05) is 0 Å². The zero-order valence-electron chi connectivity index (χ0n) is 10.7. The van der Waals surface area contributed by atoms with Gasteiger partial charge >= 0.3 is 5.97 Å². The van der Waals surface area contributed by atoms with Crippen LogP contribution in [0.4, 0.5) is 0 Å². The van der Waals surface area contributed by atoms with E-state index in [1.54, 1.807) is 6.92 Å². The SMILES string of the molecule is CCOC(=O)C(CC)Sc1nnc(-c2cccs2)o1. The number of esters is 1. The third-order valence-electron chi connectivity index (χ3n) is 2.30. The highest BCUT2D eigenvalue weighted by Gasteiger charge is 2.22. The predicted octanol–water partition coefficient (Wildman–Crippen LogP) is 3.23. The highest BCUT2D eigenvalue weighted by Crippen LogP contribution is 2.29. The van der Waals surface area contributed by atoms with Crippen molar-refractivity contribution in [2.75, 3.05) is 6.61 Å². The molecule has 0 saturated heterocycles. The predicted molar refractivity (Wildman–Crippen MR) is 74.2 cm³/mol. The van der Waals surface area contributed by atoms with E-state index in [4.69, 9.17) is 9.15 Å². The minimum Gasteiger partial charge on any atom is -0.465 e. The first kappa shape index (κ1) is 14.1. The molecular formula is C12H14N2O3S2. The number of nitrogens with zero attached hydrogens (tertiary/aromatic N) is 2. The van der Waals surface area contributed by atoms with Crippen LogP contribution < -0.4 is 0 Å². The minimum absolute atomic E-state index is 0.245. The second-order valence-electron chi connectivity index (χ2n) is 3.62. The summed E-state index contributed by atoms with van der Waals surface area (Å²) in [5.41, 5.74) is 0. The lowest BCUT2D eigenvalue weighted by Crippen LogP contribution is -2.19. The number of carbonyl (C=O) groups is 1. The first-order chi connectivity index (χ1) is 9.24. The molecular weight excluding hydrogens is 284 g/mol. The van der Waals surface area contributed by atoms with Gasteiger partial charge in [-0.2, -0.15) is 0 Å². The molecule has 0 N–H and O–H groups in total. The van der Waals surface area contributed by atoms with Gasteiger partial charge in [-0.1, -0.05) is 24.8 Å². The number of thioether (sulfide) groups is 1. The van der Waals surface area contributed by atoms with E-state index < -0.39 is 0 Å². The van der Waals surface area contributed by atoms with Crippen LogP contribution in [0.5, 0.6) is 0 Å².